The molecule has 0 amide bonds. The summed E-state index contributed by atoms with van der Waals surface area (Å²) >= 11 is 0. The smallest absolute Gasteiger partial charge is 0.0398 e. The molecule has 0 atom stereocenters. The normalized spacial score (nSPS) is 16.1. The quantitative estimate of drug-likeness (QED) is 0.740. The maximum Gasteiger partial charge on any atom is 0.0398 e. The highest BCUT2D eigenvalue weighted by Crippen LogP contribution is 2.26. The molecule has 1 nitrogen and oxygen atoms in total. The van der Waals surface area contributed by atoms with Crippen LogP contribution in [0, 0.1) is 5.92 Å². The van der Waals surface area contributed by atoms with Gasteiger partial charge in [-0.05, 0) is 43.2 Å². The van der Waals surface area contributed by atoms with Gasteiger partial charge in [-0.3, -0.25) is 0 Å². The standard InChI is InChI=1S/C15H23N/c1-13(2)9-10-14-7-3-4-8-15(14)16-11-5-6-12-16/h3-4,7-8,13H,5-6,9-12H2,1-2H3. The molecule has 1 fully saturated rings. The fourth-order valence-electron chi connectivity index (χ4n) is 2.43. The Morgan fingerprint density at radius 3 is 2.50 bits per heavy atom. The maximum absolute atomic E-state index is 2.55. The van der Waals surface area contributed by atoms with Crippen molar-refractivity contribution >= 4 is 5.69 Å². The first-order chi connectivity index (χ1) is 7.77. The third-order valence-electron chi connectivity index (χ3n) is 3.43. The van der Waals surface area contributed by atoms with E-state index >= 15 is 0 Å². The van der Waals surface area contributed by atoms with E-state index in [-0.39, 0.29) is 0 Å². The lowest BCUT2D eigenvalue weighted by atomic mass is 10.0. The number of para-hydroxylation sites is 1. The van der Waals surface area contributed by atoms with Crippen LogP contribution in [0.5, 0.6) is 0 Å². The van der Waals surface area contributed by atoms with Gasteiger partial charge in [0.05, 0.1) is 0 Å². The van der Waals surface area contributed by atoms with Crippen molar-refractivity contribution in [2.45, 2.75) is 39.5 Å². The van der Waals surface area contributed by atoms with Crippen LogP contribution < -0.4 is 4.90 Å². The molecule has 0 aliphatic carbocycles. The van der Waals surface area contributed by atoms with Crippen LogP contribution in [0.15, 0.2) is 24.3 Å². The molecule has 1 heteroatoms. The first-order valence-electron chi connectivity index (χ1n) is 6.60. The van der Waals surface area contributed by atoms with Crippen molar-refractivity contribution in [1.82, 2.24) is 0 Å². The topological polar surface area (TPSA) is 3.24 Å². The fraction of sp³-hybridized carbons (Fsp3) is 0.600. The van der Waals surface area contributed by atoms with Gasteiger partial charge in [0, 0.05) is 18.8 Å². The SMILES string of the molecule is CC(C)CCc1ccccc1N1CCCC1. The Bertz CT molecular complexity index is 324. The summed E-state index contributed by atoms with van der Waals surface area (Å²) < 4.78 is 0. The van der Waals surface area contributed by atoms with Gasteiger partial charge in [0.25, 0.3) is 0 Å². The van der Waals surface area contributed by atoms with E-state index in [0.717, 1.165) is 5.92 Å². The summed E-state index contributed by atoms with van der Waals surface area (Å²) in [7, 11) is 0. The molecule has 0 unspecified atom stereocenters. The van der Waals surface area contributed by atoms with E-state index in [4.69, 9.17) is 0 Å². The zero-order valence-electron chi connectivity index (χ0n) is 10.6. The van der Waals surface area contributed by atoms with Gasteiger partial charge in [-0.15, -0.1) is 0 Å². The Hall–Kier alpha value is -0.980. The highest BCUT2D eigenvalue weighted by molar-refractivity contribution is 5.54. The van der Waals surface area contributed by atoms with Crippen LogP contribution in [0.4, 0.5) is 5.69 Å². The second-order valence-corrected chi connectivity index (χ2v) is 5.26. The van der Waals surface area contributed by atoms with Crippen molar-refractivity contribution in [3.8, 4) is 0 Å². The van der Waals surface area contributed by atoms with E-state index in [1.54, 1.807) is 0 Å². The highest BCUT2D eigenvalue weighted by atomic mass is 15.1. The van der Waals surface area contributed by atoms with E-state index in [1.165, 1.54) is 50.0 Å². The Balaban J connectivity index is 2.10. The molecule has 1 saturated heterocycles. The summed E-state index contributed by atoms with van der Waals surface area (Å²) in [6.45, 7) is 7.11. The number of aryl methyl sites for hydroxylation is 1. The van der Waals surface area contributed by atoms with E-state index in [0.29, 0.717) is 0 Å². The molecule has 0 radical (unpaired) electrons. The van der Waals surface area contributed by atoms with Gasteiger partial charge < -0.3 is 4.90 Å². The van der Waals surface area contributed by atoms with Crippen LogP contribution >= 0.6 is 0 Å². The maximum atomic E-state index is 2.55. The van der Waals surface area contributed by atoms with Crippen molar-refractivity contribution in [2.75, 3.05) is 18.0 Å². The molecule has 0 aromatic heterocycles. The first kappa shape index (κ1) is 11.5. The van der Waals surface area contributed by atoms with E-state index in [9.17, 15) is 0 Å². The van der Waals surface area contributed by atoms with Crippen molar-refractivity contribution in [2.24, 2.45) is 5.92 Å². The molecule has 2 rings (SSSR count). The van der Waals surface area contributed by atoms with E-state index in [1.807, 2.05) is 0 Å². The Kier molecular flexibility index (Phi) is 3.87. The monoisotopic (exact) mass is 217 g/mol. The van der Waals surface area contributed by atoms with Crippen LogP contribution in [0.2, 0.25) is 0 Å². The first-order valence-corrected chi connectivity index (χ1v) is 6.60. The molecule has 16 heavy (non-hydrogen) atoms. The number of rotatable bonds is 4. The lowest BCUT2D eigenvalue weighted by Gasteiger charge is -2.21. The number of benzene rings is 1. The van der Waals surface area contributed by atoms with Gasteiger partial charge in [-0.1, -0.05) is 32.0 Å². The minimum atomic E-state index is 0.798. The second kappa shape index (κ2) is 5.38. The summed E-state index contributed by atoms with van der Waals surface area (Å²) in [6, 6.07) is 8.94. The Morgan fingerprint density at radius 2 is 1.81 bits per heavy atom. The zero-order chi connectivity index (χ0) is 11.4. The van der Waals surface area contributed by atoms with Gasteiger partial charge in [0.1, 0.15) is 0 Å². The molecule has 1 aromatic carbocycles. The molecule has 1 heterocycles. The second-order valence-electron chi connectivity index (χ2n) is 5.26. The minimum Gasteiger partial charge on any atom is -0.371 e. The van der Waals surface area contributed by atoms with E-state index < -0.39 is 0 Å². The molecular weight excluding hydrogens is 194 g/mol. The number of nitrogens with zero attached hydrogens (tertiary/aromatic N) is 1. The average molecular weight is 217 g/mol. The predicted molar refractivity (Wildman–Crippen MR) is 71.0 cm³/mol. The molecule has 0 N–H and O–H groups in total. The molecule has 1 aliphatic heterocycles. The summed E-state index contributed by atoms with van der Waals surface area (Å²) in [4.78, 5) is 2.55. The Labute approximate surface area is 99.5 Å². The summed E-state index contributed by atoms with van der Waals surface area (Å²) in [6.07, 6.45) is 5.24. The molecule has 0 bridgehead atoms. The van der Waals surface area contributed by atoms with Gasteiger partial charge in [0.15, 0.2) is 0 Å². The minimum absolute atomic E-state index is 0.798. The van der Waals surface area contributed by atoms with Crippen LogP contribution in [-0.4, -0.2) is 13.1 Å². The van der Waals surface area contributed by atoms with Crippen LogP contribution in [0.3, 0.4) is 0 Å². The van der Waals surface area contributed by atoms with Crippen LogP contribution in [0.1, 0.15) is 38.7 Å². The highest BCUT2D eigenvalue weighted by Gasteiger charge is 2.14. The van der Waals surface area contributed by atoms with Gasteiger partial charge in [0.2, 0.25) is 0 Å². The van der Waals surface area contributed by atoms with Crippen LogP contribution in [0.25, 0.3) is 0 Å². The zero-order valence-corrected chi connectivity index (χ0v) is 10.6. The van der Waals surface area contributed by atoms with Crippen molar-refractivity contribution in [3.63, 3.8) is 0 Å². The molecule has 1 aromatic rings. The average Bonchev–Trinajstić information content (AvgIpc) is 2.80. The predicted octanol–water partition coefficient (Wildman–Crippen LogP) is 3.88. The largest absolute Gasteiger partial charge is 0.371 e. The molecule has 0 spiro atoms. The Morgan fingerprint density at radius 1 is 1.12 bits per heavy atom. The van der Waals surface area contributed by atoms with Crippen molar-refractivity contribution in [3.05, 3.63) is 29.8 Å². The van der Waals surface area contributed by atoms with Crippen molar-refractivity contribution < 1.29 is 0 Å². The van der Waals surface area contributed by atoms with Crippen molar-refractivity contribution in [1.29, 1.82) is 0 Å². The van der Waals surface area contributed by atoms with Crippen LogP contribution in [-0.2, 0) is 6.42 Å². The summed E-state index contributed by atoms with van der Waals surface area (Å²) in [5.74, 6) is 0.798. The fourth-order valence-corrected chi connectivity index (χ4v) is 2.43. The third kappa shape index (κ3) is 2.78. The summed E-state index contributed by atoms with van der Waals surface area (Å²) in [5.41, 5.74) is 3.03. The molecule has 0 saturated carbocycles. The van der Waals surface area contributed by atoms with E-state index in [2.05, 4.69) is 43.0 Å². The third-order valence-corrected chi connectivity index (χ3v) is 3.43. The molecule has 1 aliphatic rings. The molecular formula is C15H23N. The van der Waals surface area contributed by atoms with Gasteiger partial charge >= 0.3 is 0 Å². The number of hydrogen-bond donors (Lipinski definition) is 0. The van der Waals surface area contributed by atoms with Gasteiger partial charge in [-0.2, -0.15) is 0 Å². The molecule has 88 valence electrons. The van der Waals surface area contributed by atoms with Gasteiger partial charge in [-0.25, -0.2) is 0 Å². The number of hydrogen-bond acceptors (Lipinski definition) is 1. The lowest BCUT2D eigenvalue weighted by molar-refractivity contribution is 0.586. The number of anilines is 1. The lowest BCUT2D eigenvalue weighted by Crippen LogP contribution is -2.19. The summed E-state index contributed by atoms with van der Waals surface area (Å²) in [5, 5.41) is 0.